The van der Waals surface area contributed by atoms with Gasteiger partial charge in [0, 0.05) is 31.7 Å². The minimum Gasteiger partial charge on any atom is -0.469 e. The van der Waals surface area contributed by atoms with Crippen LogP contribution in [0.25, 0.3) is 0 Å². The predicted octanol–water partition coefficient (Wildman–Crippen LogP) is 1.72. The maximum atomic E-state index is 11.5. The Hall–Kier alpha value is -1.58. The van der Waals surface area contributed by atoms with E-state index in [4.69, 9.17) is 4.74 Å². The Kier molecular flexibility index (Phi) is 3.88. The molecule has 1 heterocycles. The Bertz CT molecular complexity index is 349. The van der Waals surface area contributed by atoms with Crippen LogP contribution in [0.5, 0.6) is 0 Å². The Morgan fingerprint density at radius 2 is 2.00 bits per heavy atom. The smallest absolute Gasteiger partial charge is 0.313 e. The second kappa shape index (κ2) is 4.96. The maximum absolute atomic E-state index is 11.5. The van der Waals surface area contributed by atoms with Gasteiger partial charge in [-0.1, -0.05) is 0 Å². The Balaban J connectivity index is 2.71. The highest BCUT2D eigenvalue weighted by atomic mass is 16.5. The second-order valence-electron chi connectivity index (χ2n) is 4.44. The van der Waals surface area contributed by atoms with Crippen molar-refractivity contribution in [3.63, 3.8) is 0 Å². The number of nitrogens with zero attached hydrogens (tertiary/aromatic N) is 2. The Labute approximate surface area is 96.2 Å². The monoisotopic (exact) mass is 222 g/mol. The number of carbonyl (C=O) groups is 1. The van der Waals surface area contributed by atoms with Gasteiger partial charge in [-0.25, -0.2) is 0 Å². The topological polar surface area (TPSA) is 42.4 Å². The van der Waals surface area contributed by atoms with E-state index in [0.717, 1.165) is 5.69 Å². The fraction of sp³-hybridized carbons (Fsp3) is 0.500. The molecule has 0 N–H and O–H groups in total. The molecule has 0 spiro atoms. The summed E-state index contributed by atoms with van der Waals surface area (Å²) in [5, 5.41) is 0. The molecule has 1 aromatic heterocycles. The summed E-state index contributed by atoms with van der Waals surface area (Å²) < 4.78 is 4.77. The summed E-state index contributed by atoms with van der Waals surface area (Å²) in [6, 6.07) is 3.82. The molecule has 0 atom stereocenters. The molecule has 0 radical (unpaired) electrons. The molecule has 0 aliphatic carbocycles. The third-order valence-corrected chi connectivity index (χ3v) is 2.47. The van der Waals surface area contributed by atoms with Gasteiger partial charge in [-0.15, -0.1) is 0 Å². The first-order valence-electron chi connectivity index (χ1n) is 5.17. The van der Waals surface area contributed by atoms with Crippen LogP contribution in [-0.2, 0) is 9.53 Å². The fourth-order valence-electron chi connectivity index (χ4n) is 1.62. The maximum Gasteiger partial charge on any atom is 0.313 e. The largest absolute Gasteiger partial charge is 0.469 e. The van der Waals surface area contributed by atoms with Crippen molar-refractivity contribution in [3.8, 4) is 0 Å². The van der Waals surface area contributed by atoms with Gasteiger partial charge in [0.1, 0.15) is 0 Å². The highest BCUT2D eigenvalue weighted by Gasteiger charge is 2.30. The van der Waals surface area contributed by atoms with Gasteiger partial charge in [0.05, 0.1) is 12.5 Å². The minimum absolute atomic E-state index is 0.201. The number of rotatable bonds is 4. The Morgan fingerprint density at radius 3 is 2.50 bits per heavy atom. The molecular formula is C12H18N2O2. The van der Waals surface area contributed by atoms with Gasteiger partial charge in [0.2, 0.25) is 0 Å². The van der Waals surface area contributed by atoms with Crippen molar-refractivity contribution in [2.24, 2.45) is 5.41 Å². The number of anilines is 1. The van der Waals surface area contributed by atoms with Gasteiger partial charge in [-0.3, -0.25) is 9.78 Å². The van der Waals surface area contributed by atoms with E-state index in [1.165, 1.54) is 7.11 Å². The van der Waals surface area contributed by atoms with Crippen molar-refractivity contribution in [1.82, 2.24) is 4.98 Å². The molecule has 0 fully saturated rings. The molecule has 0 unspecified atom stereocenters. The molecule has 0 aliphatic rings. The molecule has 4 nitrogen and oxygen atoms in total. The number of pyridine rings is 1. The zero-order valence-electron chi connectivity index (χ0n) is 10.2. The summed E-state index contributed by atoms with van der Waals surface area (Å²) in [5.74, 6) is -0.201. The summed E-state index contributed by atoms with van der Waals surface area (Å²) in [5.41, 5.74) is 0.513. The van der Waals surface area contributed by atoms with Gasteiger partial charge < -0.3 is 9.64 Å². The Morgan fingerprint density at radius 1 is 1.44 bits per heavy atom. The minimum atomic E-state index is -0.521. The SMILES string of the molecule is COC(=O)C(C)(C)CN(C)c1ccncc1. The van der Waals surface area contributed by atoms with E-state index in [-0.39, 0.29) is 5.97 Å². The van der Waals surface area contributed by atoms with Gasteiger partial charge in [-0.2, -0.15) is 0 Å². The van der Waals surface area contributed by atoms with Crippen LogP contribution in [0.4, 0.5) is 5.69 Å². The highest BCUT2D eigenvalue weighted by molar-refractivity contribution is 5.76. The zero-order chi connectivity index (χ0) is 12.2. The molecule has 4 heteroatoms. The molecule has 0 amide bonds. The van der Waals surface area contributed by atoms with Gasteiger partial charge >= 0.3 is 5.97 Å². The first-order chi connectivity index (χ1) is 7.47. The van der Waals surface area contributed by atoms with Crippen molar-refractivity contribution in [1.29, 1.82) is 0 Å². The van der Waals surface area contributed by atoms with E-state index in [1.54, 1.807) is 12.4 Å². The lowest BCUT2D eigenvalue weighted by Gasteiger charge is -2.29. The van der Waals surface area contributed by atoms with E-state index in [0.29, 0.717) is 6.54 Å². The van der Waals surface area contributed by atoms with Crippen LogP contribution >= 0.6 is 0 Å². The van der Waals surface area contributed by atoms with Crippen molar-refractivity contribution >= 4 is 11.7 Å². The molecule has 1 rings (SSSR count). The number of hydrogen-bond donors (Lipinski definition) is 0. The van der Waals surface area contributed by atoms with Crippen molar-refractivity contribution in [2.45, 2.75) is 13.8 Å². The summed E-state index contributed by atoms with van der Waals surface area (Å²) in [4.78, 5) is 17.5. The van der Waals surface area contributed by atoms with Crippen LogP contribution in [0.15, 0.2) is 24.5 Å². The third kappa shape index (κ3) is 2.95. The molecule has 1 aromatic rings. The molecule has 0 bridgehead atoms. The lowest BCUT2D eigenvalue weighted by atomic mass is 9.93. The average molecular weight is 222 g/mol. The van der Waals surface area contributed by atoms with Crippen LogP contribution in [0, 0.1) is 5.41 Å². The normalized spacial score (nSPS) is 11.0. The van der Waals surface area contributed by atoms with E-state index < -0.39 is 5.41 Å². The molecular weight excluding hydrogens is 204 g/mol. The van der Waals surface area contributed by atoms with Crippen molar-refractivity contribution in [2.75, 3.05) is 25.6 Å². The highest BCUT2D eigenvalue weighted by Crippen LogP contribution is 2.21. The number of ether oxygens (including phenoxy) is 1. The molecule has 88 valence electrons. The number of aromatic nitrogens is 1. The van der Waals surface area contributed by atoms with Crippen molar-refractivity contribution < 1.29 is 9.53 Å². The van der Waals surface area contributed by atoms with Crippen LogP contribution in [-0.4, -0.2) is 31.7 Å². The van der Waals surface area contributed by atoms with E-state index in [2.05, 4.69) is 4.98 Å². The van der Waals surface area contributed by atoms with Gasteiger partial charge in [-0.05, 0) is 26.0 Å². The van der Waals surface area contributed by atoms with E-state index in [9.17, 15) is 4.79 Å². The average Bonchev–Trinajstić information content (AvgIpc) is 2.28. The van der Waals surface area contributed by atoms with Gasteiger partial charge in [0.15, 0.2) is 0 Å². The number of esters is 1. The summed E-state index contributed by atoms with van der Waals surface area (Å²) in [6.45, 7) is 4.34. The molecule has 16 heavy (non-hydrogen) atoms. The third-order valence-electron chi connectivity index (χ3n) is 2.47. The van der Waals surface area contributed by atoms with Crippen LogP contribution in [0.1, 0.15) is 13.8 Å². The lowest BCUT2D eigenvalue weighted by Crippen LogP contribution is -2.38. The van der Waals surface area contributed by atoms with Crippen LogP contribution in [0.3, 0.4) is 0 Å². The summed E-state index contributed by atoms with van der Waals surface area (Å²) >= 11 is 0. The van der Waals surface area contributed by atoms with Gasteiger partial charge in [0.25, 0.3) is 0 Å². The number of methoxy groups -OCH3 is 1. The summed E-state index contributed by atoms with van der Waals surface area (Å²) in [7, 11) is 3.36. The lowest BCUT2D eigenvalue weighted by molar-refractivity contribution is -0.150. The van der Waals surface area contributed by atoms with Crippen molar-refractivity contribution in [3.05, 3.63) is 24.5 Å². The molecule has 0 aliphatic heterocycles. The number of carbonyl (C=O) groups excluding carboxylic acids is 1. The van der Waals surface area contributed by atoms with E-state index >= 15 is 0 Å². The molecule has 0 aromatic carbocycles. The fourth-order valence-corrected chi connectivity index (χ4v) is 1.62. The molecule has 0 saturated heterocycles. The predicted molar refractivity (Wildman–Crippen MR) is 63.3 cm³/mol. The zero-order valence-corrected chi connectivity index (χ0v) is 10.2. The first kappa shape index (κ1) is 12.5. The summed E-state index contributed by atoms with van der Waals surface area (Å²) in [6.07, 6.45) is 3.47. The molecule has 0 saturated carbocycles. The quantitative estimate of drug-likeness (QED) is 0.727. The number of hydrogen-bond acceptors (Lipinski definition) is 4. The van der Waals surface area contributed by atoms with E-state index in [1.807, 2.05) is 37.9 Å². The standard InChI is InChI=1S/C12H18N2O2/c1-12(2,11(15)16-4)9-14(3)10-5-7-13-8-6-10/h5-8H,9H2,1-4H3. The van der Waals surface area contributed by atoms with Crippen LogP contribution < -0.4 is 4.90 Å². The van der Waals surface area contributed by atoms with Crippen LogP contribution in [0.2, 0.25) is 0 Å². The second-order valence-corrected chi connectivity index (χ2v) is 4.44. The first-order valence-corrected chi connectivity index (χ1v) is 5.17.